The molecular formula is C17H25Cl3FeN5Si2. The fraction of sp³-hybridized carbons (Fsp3) is 0.353. The van der Waals surface area contributed by atoms with Gasteiger partial charge in [-0.25, -0.2) is 15.0 Å². The largest absolute Gasteiger partial charge is 3.00 e. The zero-order chi connectivity index (χ0) is 17.5. The van der Waals surface area contributed by atoms with Gasteiger partial charge in [0.15, 0.2) is 28.1 Å². The summed E-state index contributed by atoms with van der Waals surface area (Å²) < 4.78 is 4.59. The van der Waals surface area contributed by atoms with Gasteiger partial charge in [-0.05, 0) is 12.1 Å². The van der Waals surface area contributed by atoms with E-state index in [0.29, 0.717) is 0 Å². The van der Waals surface area contributed by atoms with Crippen LogP contribution in [0.15, 0.2) is 43.0 Å². The van der Waals surface area contributed by atoms with E-state index in [1.807, 2.05) is 30.6 Å². The molecule has 0 saturated carbocycles. The van der Waals surface area contributed by atoms with Crippen molar-refractivity contribution >= 4 is 16.5 Å². The minimum absolute atomic E-state index is 0. The zero-order valence-corrected chi connectivity index (χ0v) is 22.1. The fourth-order valence-electron chi connectivity index (χ4n) is 2.75. The Labute approximate surface area is 198 Å². The van der Waals surface area contributed by atoms with E-state index >= 15 is 0 Å². The van der Waals surface area contributed by atoms with E-state index in [4.69, 9.17) is 4.98 Å². The van der Waals surface area contributed by atoms with Gasteiger partial charge in [0, 0.05) is 24.8 Å². The summed E-state index contributed by atoms with van der Waals surface area (Å²) >= 11 is 0. The second-order valence-corrected chi connectivity index (χ2v) is 17.6. The summed E-state index contributed by atoms with van der Waals surface area (Å²) in [5, 5.41) is 0. The molecule has 3 heterocycles. The van der Waals surface area contributed by atoms with Crippen molar-refractivity contribution in [2.24, 2.45) is 0 Å². The smallest absolute Gasteiger partial charge is 1.00 e. The van der Waals surface area contributed by atoms with Crippen LogP contribution < -0.4 is 37.2 Å². The Bertz CT molecular complexity index is 805. The van der Waals surface area contributed by atoms with Gasteiger partial charge in [-0.1, -0.05) is 45.3 Å². The van der Waals surface area contributed by atoms with Crippen LogP contribution in [0, 0.1) is 0 Å². The van der Waals surface area contributed by atoms with Crippen molar-refractivity contribution < 1.29 is 54.3 Å². The standard InChI is InChI=1S/C17H25N5Si2.3ClH.Fe/c1-23(2,3)21-12-10-18-16(21)14-8-7-9-15(20-14)17-19-11-13-22(17)24(4,5)6;;;;/h7-13H,1-6H3;3*1H;/q;;;;+3/p-3. The van der Waals surface area contributed by atoms with E-state index in [2.05, 4.69) is 70.1 Å². The second-order valence-electron chi connectivity index (χ2n) is 7.99. The summed E-state index contributed by atoms with van der Waals surface area (Å²) in [6, 6.07) is 6.11. The Morgan fingerprint density at radius 3 is 1.36 bits per heavy atom. The van der Waals surface area contributed by atoms with Crippen LogP contribution >= 0.6 is 0 Å². The van der Waals surface area contributed by atoms with Gasteiger partial charge in [0.1, 0.15) is 11.4 Å². The van der Waals surface area contributed by atoms with Crippen LogP contribution in [0.1, 0.15) is 0 Å². The minimum Gasteiger partial charge on any atom is -1.00 e. The summed E-state index contributed by atoms with van der Waals surface area (Å²) in [4.78, 5) is 14.0. The van der Waals surface area contributed by atoms with Crippen molar-refractivity contribution in [2.75, 3.05) is 0 Å². The Kier molecular flexibility index (Phi) is 11.6. The molecule has 0 unspecified atom stereocenters. The van der Waals surface area contributed by atoms with Gasteiger partial charge in [0.2, 0.25) is 0 Å². The summed E-state index contributed by atoms with van der Waals surface area (Å²) in [7, 11) is -3.07. The number of hydrogen-bond acceptors (Lipinski definition) is 3. The van der Waals surface area contributed by atoms with E-state index in [1.165, 1.54) is 0 Å². The maximum absolute atomic E-state index is 4.88. The molecule has 5 nitrogen and oxygen atoms in total. The Morgan fingerprint density at radius 2 is 1.04 bits per heavy atom. The van der Waals surface area contributed by atoms with E-state index in [9.17, 15) is 0 Å². The van der Waals surface area contributed by atoms with Crippen molar-refractivity contribution in [3.63, 3.8) is 0 Å². The van der Waals surface area contributed by atoms with Crippen molar-refractivity contribution in [1.29, 1.82) is 0 Å². The summed E-state index contributed by atoms with van der Waals surface area (Å²) in [5.41, 5.74) is 1.81. The Hall–Kier alpha value is -0.607. The van der Waals surface area contributed by atoms with Crippen LogP contribution in [0.4, 0.5) is 0 Å². The average molecular weight is 518 g/mol. The molecule has 11 heteroatoms. The number of hydrogen-bond donors (Lipinski definition) is 0. The molecule has 3 aromatic heterocycles. The molecule has 1 radical (unpaired) electrons. The first-order valence-corrected chi connectivity index (χ1v) is 15.1. The quantitative estimate of drug-likeness (QED) is 0.327. The molecule has 155 valence electrons. The van der Waals surface area contributed by atoms with Crippen LogP contribution in [0.3, 0.4) is 0 Å². The maximum atomic E-state index is 4.88. The van der Waals surface area contributed by atoms with Crippen molar-refractivity contribution in [2.45, 2.75) is 39.3 Å². The first-order valence-electron chi connectivity index (χ1n) is 8.23. The molecule has 0 fully saturated rings. The Morgan fingerprint density at radius 1 is 0.679 bits per heavy atom. The SMILES string of the molecule is C[Si](C)(C)n1ccnc1-c1cccc(-c2nccn2[Si](C)(C)C)n1.[Cl-].[Cl-].[Cl-].[Fe+3]. The predicted molar refractivity (Wildman–Crippen MR) is 104 cm³/mol. The molecule has 0 atom stereocenters. The molecule has 0 aromatic carbocycles. The molecule has 0 bridgehead atoms. The van der Waals surface area contributed by atoms with Crippen molar-refractivity contribution in [3.05, 3.63) is 43.0 Å². The topological polar surface area (TPSA) is 48.5 Å². The molecule has 0 saturated heterocycles. The van der Waals surface area contributed by atoms with Gasteiger partial charge in [0.25, 0.3) is 0 Å². The molecule has 3 rings (SSSR count). The molecule has 3 aromatic rings. The first kappa shape index (κ1) is 29.6. The number of imidazole rings is 2. The number of nitrogens with zero attached hydrogens (tertiary/aromatic N) is 5. The predicted octanol–water partition coefficient (Wildman–Crippen LogP) is -4.82. The van der Waals surface area contributed by atoms with Crippen molar-refractivity contribution in [3.8, 4) is 23.0 Å². The zero-order valence-electron chi connectivity index (χ0n) is 16.8. The summed E-state index contributed by atoms with van der Waals surface area (Å²) in [6.45, 7) is 13.8. The van der Waals surface area contributed by atoms with Gasteiger partial charge < -0.3 is 45.7 Å². The third kappa shape index (κ3) is 6.19. The molecule has 0 spiro atoms. The fourth-order valence-corrected chi connectivity index (χ4v) is 5.40. The van der Waals surface area contributed by atoms with Gasteiger partial charge >= 0.3 is 17.1 Å². The van der Waals surface area contributed by atoms with Crippen LogP contribution in [-0.2, 0) is 17.1 Å². The van der Waals surface area contributed by atoms with Gasteiger partial charge in [-0.2, -0.15) is 0 Å². The van der Waals surface area contributed by atoms with Crippen LogP contribution in [-0.4, -0.2) is 39.9 Å². The average Bonchev–Trinajstić information content (AvgIpc) is 3.15. The Balaban J connectivity index is 0. The number of halogens is 3. The number of rotatable bonds is 4. The van der Waals surface area contributed by atoms with Crippen LogP contribution in [0.25, 0.3) is 23.0 Å². The number of pyridine rings is 1. The van der Waals surface area contributed by atoms with Crippen LogP contribution in [0.2, 0.25) is 39.3 Å². The molecule has 0 aliphatic heterocycles. The molecule has 28 heavy (non-hydrogen) atoms. The van der Waals surface area contributed by atoms with E-state index in [1.54, 1.807) is 0 Å². The van der Waals surface area contributed by atoms with Gasteiger partial charge in [-0.15, -0.1) is 0 Å². The minimum atomic E-state index is -1.53. The maximum Gasteiger partial charge on any atom is 3.00 e. The van der Waals surface area contributed by atoms with Crippen LogP contribution in [0.5, 0.6) is 0 Å². The monoisotopic (exact) mass is 516 g/mol. The molecular weight excluding hydrogens is 493 g/mol. The normalized spacial score (nSPS) is 10.8. The van der Waals surface area contributed by atoms with Gasteiger partial charge in [0.05, 0.1) is 0 Å². The summed E-state index contributed by atoms with van der Waals surface area (Å²) in [6.07, 6.45) is 7.87. The van der Waals surface area contributed by atoms with E-state index < -0.39 is 16.5 Å². The van der Waals surface area contributed by atoms with E-state index in [-0.39, 0.29) is 54.3 Å². The molecule has 0 aliphatic rings. The molecule has 0 amide bonds. The third-order valence-electron chi connectivity index (χ3n) is 3.93. The second kappa shape index (κ2) is 11.0. The summed E-state index contributed by atoms with van der Waals surface area (Å²) in [5.74, 6) is 1.89. The third-order valence-corrected chi connectivity index (χ3v) is 7.55. The molecule has 0 N–H and O–H groups in total. The van der Waals surface area contributed by atoms with Gasteiger partial charge in [-0.3, -0.25) is 0 Å². The molecule has 0 aliphatic carbocycles. The first-order chi connectivity index (χ1) is 11.2. The van der Waals surface area contributed by atoms with Crippen molar-refractivity contribution in [1.82, 2.24) is 23.4 Å². The number of aromatic nitrogens is 5. The van der Waals surface area contributed by atoms with E-state index in [0.717, 1.165) is 23.0 Å².